The van der Waals surface area contributed by atoms with E-state index in [0.717, 1.165) is 117 Å². The van der Waals surface area contributed by atoms with E-state index in [1.54, 1.807) is 0 Å². The molecule has 4 heterocycles. The van der Waals surface area contributed by atoms with E-state index in [1.165, 1.54) is 43.9 Å². The number of hydrogen-bond donors (Lipinski definition) is 0. The quantitative estimate of drug-likeness (QED) is 0.108. The number of aryl methyl sites for hydroxylation is 2. The molecule has 13 rings (SSSR count). The van der Waals surface area contributed by atoms with Crippen LogP contribution in [-0.4, -0.2) is 34.1 Å². The summed E-state index contributed by atoms with van der Waals surface area (Å²) < 4.78 is 4.89. The second kappa shape index (κ2) is 22.1. The summed E-state index contributed by atoms with van der Waals surface area (Å²) in [6.45, 7) is 18.3. The lowest BCUT2D eigenvalue weighted by Gasteiger charge is -2.22. The first-order valence-electron chi connectivity index (χ1n) is 30.0. The van der Waals surface area contributed by atoms with Gasteiger partial charge in [0.2, 0.25) is 0 Å². The molecule has 0 saturated heterocycles. The summed E-state index contributed by atoms with van der Waals surface area (Å²) in [6, 6.07) is 76.7. The average molecular weight is 1090 g/mol. The summed E-state index contributed by atoms with van der Waals surface area (Å²) in [5, 5.41) is 4.75. The van der Waals surface area contributed by atoms with Crippen molar-refractivity contribution >= 4 is 43.6 Å². The van der Waals surface area contributed by atoms with Gasteiger partial charge in [-0.1, -0.05) is 202 Å². The first-order valence-corrected chi connectivity index (χ1v) is 30.0. The van der Waals surface area contributed by atoms with Crippen molar-refractivity contribution in [3.63, 3.8) is 0 Å². The lowest BCUT2D eigenvalue weighted by Crippen LogP contribution is -2.13. The van der Waals surface area contributed by atoms with Crippen molar-refractivity contribution in [2.24, 2.45) is 0 Å². The molecule has 0 aliphatic rings. The Kier molecular flexibility index (Phi) is 14.2. The van der Waals surface area contributed by atoms with Crippen molar-refractivity contribution in [2.75, 3.05) is 0 Å². The van der Waals surface area contributed by atoms with Gasteiger partial charge in [-0.3, -0.25) is 0 Å². The highest BCUT2D eigenvalue weighted by atomic mass is 15.0. The molecule has 0 bridgehead atoms. The van der Waals surface area contributed by atoms with Crippen LogP contribution >= 0.6 is 0 Å². The maximum absolute atomic E-state index is 5.58. The van der Waals surface area contributed by atoms with Crippen LogP contribution in [0.4, 0.5) is 0 Å². The third-order valence-electron chi connectivity index (χ3n) is 16.6. The molecule has 0 fully saturated rings. The van der Waals surface area contributed by atoms with E-state index in [0.29, 0.717) is 23.3 Å². The van der Waals surface area contributed by atoms with Crippen molar-refractivity contribution in [1.29, 1.82) is 0 Å². The maximum atomic E-state index is 5.58. The molecule has 0 amide bonds. The Labute approximate surface area is 493 Å². The van der Waals surface area contributed by atoms with Gasteiger partial charge in [-0.25, -0.2) is 24.9 Å². The van der Waals surface area contributed by atoms with Crippen LogP contribution in [0.1, 0.15) is 103 Å². The summed E-state index contributed by atoms with van der Waals surface area (Å²) >= 11 is 0. The van der Waals surface area contributed by atoms with Crippen LogP contribution in [0.15, 0.2) is 212 Å². The molecule has 4 aromatic heterocycles. The smallest absolute Gasteiger partial charge is 0.164 e. The van der Waals surface area contributed by atoms with E-state index in [-0.39, 0.29) is 10.8 Å². The number of fused-ring (bicyclic) bond motifs is 7. The van der Waals surface area contributed by atoms with E-state index in [2.05, 4.69) is 271 Å². The zero-order valence-corrected chi connectivity index (χ0v) is 49.6. The Morgan fingerprint density at radius 3 is 1.44 bits per heavy atom. The molecule has 7 nitrogen and oxygen atoms in total. The molecule has 0 N–H and O–H groups in total. The lowest BCUT2D eigenvalue weighted by molar-refractivity contribution is 0.589. The van der Waals surface area contributed by atoms with Crippen LogP contribution in [0.2, 0.25) is 0 Å². The van der Waals surface area contributed by atoms with Crippen molar-refractivity contribution in [2.45, 2.75) is 105 Å². The zero-order chi connectivity index (χ0) is 57.7. The fraction of sp³-hybridized carbons (Fsp3) is 0.208. The molecule has 84 heavy (non-hydrogen) atoms. The van der Waals surface area contributed by atoms with Gasteiger partial charge in [-0.15, -0.1) is 0 Å². The molecular formula is C77H71N7. The molecule has 0 atom stereocenters. The maximum Gasteiger partial charge on any atom is 0.164 e. The SMILES string of the molecule is CCCCc1cc(-c2nc(-c3cc(CCCC)cc(C(C)(C)C)c3)nc(-c3ccc(-n4c5ccccc5c5c4ccc4c6ccccc6n(-c6ccccc6)c45)c(-c4cc(-c5ccccc5)nc(-c5ccccc5)n4)c3)n2)cc(C(C)(C)C)c1. The van der Waals surface area contributed by atoms with E-state index in [9.17, 15) is 0 Å². The second-order valence-corrected chi connectivity index (χ2v) is 24.7. The highest BCUT2D eigenvalue weighted by Crippen LogP contribution is 2.45. The predicted octanol–water partition coefficient (Wildman–Crippen LogP) is 20.1. The standard InChI is InChI=1S/C77H71N7/c1-9-11-26-50-42-55(46-57(44-50)76(3,4)5)74-80-73(81-75(82-74)56-43-51(27-12-10-2)45-58(47-56)77(6,7)8)54-38-40-68(63(48-54)65-49-64(52-28-16-13-17-29-52)78-72(79-65)53-30-18-14-19-31-53)84-67-37-25-23-35-62(67)70-69(84)41-39-61-60-34-22-24-36-66(60)83(71(61)70)59-32-20-15-21-33-59/h13-25,28-49H,9-12,26-27H2,1-8H3. The monoisotopic (exact) mass is 1090 g/mol. The van der Waals surface area contributed by atoms with Crippen LogP contribution in [0.3, 0.4) is 0 Å². The molecule has 0 aliphatic heterocycles. The van der Waals surface area contributed by atoms with Crippen molar-refractivity contribution in [3.05, 3.63) is 235 Å². The number of unbranched alkanes of at least 4 members (excludes halogenated alkanes) is 2. The normalized spacial score (nSPS) is 12.1. The van der Waals surface area contributed by atoms with E-state index in [1.807, 2.05) is 6.07 Å². The summed E-state index contributed by atoms with van der Waals surface area (Å²) in [4.78, 5) is 27.5. The minimum absolute atomic E-state index is 0.0962. The van der Waals surface area contributed by atoms with Crippen LogP contribution < -0.4 is 0 Å². The minimum atomic E-state index is -0.0962. The van der Waals surface area contributed by atoms with Crippen LogP contribution in [0.5, 0.6) is 0 Å². The third kappa shape index (κ3) is 10.3. The zero-order valence-electron chi connectivity index (χ0n) is 49.6. The largest absolute Gasteiger partial charge is 0.309 e. The number of para-hydroxylation sites is 3. The number of rotatable bonds is 14. The highest BCUT2D eigenvalue weighted by molar-refractivity contribution is 6.26. The first kappa shape index (κ1) is 53.9. The van der Waals surface area contributed by atoms with Crippen LogP contribution in [0, 0.1) is 0 Å². The van der Waals surface area contributed by atoms with Crippen molar-refractivity contribution in [1.82, 2.24) is 34.1 Å². The second-order valence-electron chi connectivity index (χ2n) is 24.7. The van der Waals surface area contributed by atoms with Crippen molar-refractivity contribution < 1.29 is 0 Å². The Hall–Kier alpha value is -9.33. The molecule has 414 valence electrons. The van der Waals surface area contributed by atoms with Gasteiger partial charge in [0.15, 0.2) is 23.3 Å². The average Bonchev–Trinajstić information content (AvgIpc) is 1.68. The lowest BCUT2D eigenvalue weighted by atomic mass is 9.84. The molecule has 9 aromatic carbocycles. The van der Waals surface area contributed by atoms with Gasteiger partial charge in [-0.05, 0) is 138 Å². The van der Waals surface area contributed by atoms with Gasteiger partial charge in [-0.2, -0.15) is 0 Å². The van der Waals surface area contributed by atoms with Gasteiger partial charge >= 0.3 is 0 Å². The molecule has 0 spiro atoms. The predicted molar refractivity (Wildman–Crippen MR) is 351 cm³/mol. The van der Waals surface area contributed by atoms with Gasteiger partial charge in [0.05, 0.1) is 39.1 Å². The molecule has 7 heteroatoms. The Bertz CT molecular complexity index is 4430. The van der Waals surface area contributed by atoms with Gasteiger partial charge in [0.25, 0.3) is 0 Å². The van der Waals surface area contributed by atoms with Gasteiger partial charge in [0.1, 0.15) is 0 Å². The topological polar surface area (TPSA) is 74.3 Å². The minimum Gasteiger partial charge on any atom is -0.309 e. The first-order chi connectivity index (χ1) is 40.8. The summed E-state index contributed by atoms with van der Waals surface area (Å²) in [5.74, 6) is 2.54. The van der Waals surface area contributed by atoms with Gasteiger partial charge < -0.3 is 9.13 Å². The summed E-state index contributed by atoms with van der Waals surface area (Å²) in [7, 11) is 0. The third-order valence-corrected chi connectivity index (χ3v) is 16.6. The number of nitrogens with zero attached hydrogens (tertiary/aromatic N) is 7. The fourth-order valence-corrected chi connectivity index (χ4v) is 12.1. The molecular weight excluding hydrogens is 1020 g/mol. The molecule has 0 radical (unpaired) electrons. The highest BCUT2D eigenvalue weighted by Gasteiger charge is 2.26. The Balaban J connectivity index is 1.12. The number of benzene rings is 9. The summed E-state index contributed by atoms with van der Waals surface area (Å²) in [6.07, 6.45) is 6.39. The van der Waals surface area contributed by atoms with Crippen LogP contribution in [-0.2, 0) is 23.7 Å². The van der Waals surface area contributed by atoms with Crippen LogP contribution in [0.25, 0.3) is 123 Å². The number of hydrogen-bond acceptors (Lipinski definition) is 5. The number of aromatic nitrogens is 7. The molecule has 0 saturated carbocycles. The molecule has 0 aliphatic carbocycles. The Morgan fingerprint density at radius 2 is 0.857 bits per heavy atom. The molecule has 13 aromatic rings. The molecule has 0 unspecified atom stereocenters. The fourth-order valence-electron chi connectivity index (χ4n) is 12.1. The Morgan fingerprint density at radius 1 is 0.357 bits per heavy atom. The van der Waals surface area contributed by atoms with Gasteiger partial charge in [0, 0.05) is 60.6 Å². The van der Waals surface area contributed by atoms with E-state index >= 15 is 0 Å². The van der Waals surface area contributed by atoms with Crippen molar-refractivity contribution in [3.8, 4) is 79.4 Å². The van der Waals surface area contributed by atoms with E-state index in [4.69, 9.17) is 24.9 Å². The van der Waals surface area contributed by atoms with E-state index < -0.39 is 0 Å². The summed E-state index contributed by atoms with van der Waals surface area (Å²) in [5.41, 5.74) is 18.8.